The lowest BCUT2D eigenvalue weighted by Crippen LogP contribution is -2.38. The van der Waals surface area contributed by atoms with E-state index in [4.69, 9.17) is 10.5 Å². The van der Waals surface area contributed by atoms with Gasteiger partial charge in [-0.05, 0) is 41.4 Å². The molecule has 0 bridgehead atoms. The Labute approximate surface area is 106 Å². The van der Waals surface area contributed by atoms with Crippen LogP contribution in [0.1, 0.15) is 26.0 Å². The third-order valence-corrected chi connectivity index (χ3v) is 2.96. The van der Waals surface area contributed by atoms with Gasteiger partial charge in [-0.3, -0.25) is 4.98 Å². The average Bonchev–Trinajstić information content (AvgIpc) is 2.29. The van der Waals surface area contributed by atoms with E-state index in [0.29, 0.717) is 6.61 Å². The molecule has 0 amide bonds. The van der Waals surface area contributed by atoms with Gasteiger partial charge in [0.1, 0.15) is 0 Å². The molecule has 0 saturated carbocycles. The Bertz CT molecular complexity index is 302. The third kappa shape index (κ3) is 4.20. The highest BCUT2D eigenvalue weighted by Gasteiger charge is 2.16. The van der Waals surface area contributed by atoms with E-state index in [9.17, 15) is 0 Å². The minimum atomic E-state index is 0.0126. The number of ether oxygens (including phenoxy) is 1. The molecule has 1 aromatic heterocycles. The van der Waals surface area contributed by atoms with Crippen LogP contribution in [0.15, 0.2) is 22.8 Å². The smallest absolute Gasteiger partial charge is 0.0727 e. The quantitative estimate of drug-likeness (QED) is 0.874. The number of hydrogen-bond donors (Lipinski definition) is 1. The monoisotopic (exact) mass is 286 g/mol. The van der Waals surface area contributed by atoms with Crippen LogP contribution in [0.4, 0.5) is 0 Å². The zero-order valence-electron chi connectivity index (χ0n) is 9.82. The van der Waals surface area contributed by atoms with Crippen molar-refractivity contribution < 1.29 is 4.74 Å². The number of nitrogens with two attached hydrogens (primary N) is 1. The summed E-state index contributed by atoms with van der Waals surface area (Å²) >= 11 is 3.36. The Balaban J connectivity index is 2.55. The highest BCUT2D eigenvalue weighted by Crippen LogP contribution is 2.11. The molecule has 0 aliphatic rings. The van der Waals surface area contributed by atoms with E-state index < -0.39 is 0 Å². The second-order valence-corrected chi connectivity index (χ2v) is 4.65. The Hall–Kier alpha value is -0.450. The molecule has 0 aliphatic carbocycles. The summed E-state index contributed by atoms with van der Waals surface area (Å²) in [5, 5.41) is 0. The first-order valence-corrected chi connectivity index (χ1v) is 6.44. The first-order valence-electron chi connectivity index (χ1n) is 5.65. The molecule has 0 saturated heterocycles. The number of aromatic nitrogens is 1. The van der Waals surface area contributed by atoms with Gasteiger partial charge in [-0.15, -0.1) is 0 Å². The van der Waals surface area contributed by atoms with Gasteiger partial charge in [0.2, 0.25) is 0 Å². The van der Waals surface area contributed by atoms with Gasteiger partial charge in [-0.1, -0.05) is 6.92 Å². The van der Waals surface area contributed by atoms with Gasteiger partial charge >= 0.3 is 0 Å². The standard InChI is InChI=1S/C12H19BrN2O/c1-3-12(16-4-2)11(14)7-10-6-5-9(13)8-15-10/h5-6,8,11-12H,3-4,7,14H2,1-2H3. The number of halogens is 1. The minimum Gasteiger partial charge on any atom is -0.377 e. The summed E-state index contributed by atoms with van der Waals surface area (Å²) in [5.41, 5.74) is 7.12. The van der Waals surface area contributed by atoms with Gasteiger partial charge in [0.15, 0.2) is 0 Å². The zero-order valence-corrected chi connectivity index (χ0v) is 11.4. The van der Waals surface area contributed by atoms with Crippen molar-refractivity contribution >= 4 is 15.9 Å². The van der Waals surface area contributed by atoms with Gasteiger partial charge in [0.25, 0.3) is 0 Å². The van der Waals surface area contributed by atoms with Gasteiger partial charge in [-0.25, -0.2) is 0 Å². The molecule has 2 atom stereocenters. The number of pyridine rings is 1. The lowest BCUT2D eigenvalue weighted by atomic mass is 10.0. The molecular formula is C12H19BrN2O. The van der Waals surface area contributed by atoms with Crippen LogP contribution < -0.4 is 5.73 Å². The van der Waals surface area contributed by atoms with E-state index in [1.165, 1.54) is 0 Å². The molecule has 1 heterocycles. The Morgan fingerprint density at radius 2 is 2.19 bits per heavy atom. The largest absolute Gasteiger partial charge is 0.377 e. The molecule has 0 spiro atoms. The average molecular weight is 287 g/mol. The van der Waals surface area contributed by atoms with E-state index in [1.807, 2.05) is 19.1 Å². The lowest BCUT2D eigenvalue weighted by Gasteiger charge is -2.22. The topological polar surface area (TPSA) is 48.1 Å². The summed E-state index contributed by atoms with van der Waals surface area (Å²) in [6.45, 7) is 4.79. The van der Waals surface area contributed by atoms with Gasteiger partial charge in [-0.2, -0.15) is 0 Å². The zero-order chi connectivity index (χ0) is 12.0. The molecule has 1 rings (SSSR count). The maximum absolute atomic E-state index is 6.11. The van der Waals surface area contributed by atoms with Gasteiger partial charge in [0, 0.05) is 35.4 Å². The van der Waals surface area contributed by atoms with E-state index in [-0.39, 0.29) is 12.1 Å². The van der Waals surface area contributed by atoms with Crippen molar-refractivity contribution in [1.29, 1.82) is 0 Å². The summed E-state index contributed by atoms with van der Waals surface area (Å²) in [7, 11) is 0. The van der Waals surface area contributed by atoms with Crippen LogP contribution in [0.25, 0.3) is 0 Å². The van der Waals surface area contributed by atoms with Crippen molar-refractivity contribution in [3.8, 4) is 0 Å². The molecular weight excluding hydrogens is 268 g/mol. The molecule has 2 N–H and O–H groups in total. The fraction of sp³-hybridized carbons (Fsp3) is 0.583. The fourth-order valence-corrected chi connectivity index (χ4v) is 1.89. The van der Waals surface area contributed by atoms with Crippen LogP contribution in [0.3, 0.4) is 0 Å². The molecule has 0 fully saturated rings. The Morgan fingerprint density at radius 3 is 2.69 bits per heavy atom. The van der Waals surface area contributed by atoms with Crippen LogP contribution in [0.5, 0.6) is 0 Å². The van der Waals surface area contributed by atoms with Crippen LogP contribution in [-0.2, 0) is 11.2 Å². The highest BCUT2D eigenvalue weighted by atomic mass is 79.9. The maximum atomic E-state index is 6.11. The van der Waals surface area contributed by atoms with Crippen molar-refractivity contribution in [2.24, 2.45) is 5.73 Å². The Kier molecular flexibility index (Phi) is 5.95. The van der Waals surface area contributed by atoms with Crippen LogP contribution in [0.2, 0.25) is 0 Å². The van der Waals surface area contributed by atoms with Crippen molar-refractivity contribution in [2.75, 3.05) is 6.61 Å². The molecule has 4 heteroatoms. The van der Waals surface area contributed by atoms with Crippen LogP contribution >= 0.6 is 15.9 Å². The second-order valence-electron chi connectivity index (χ2n) is 3.74. The first kappa shape index (κ1) is 13.6. The van der Waals surface area contributed by atoms with E-state index in [0.717, 1.165) is 23.0 Å². The number of nitrogens with zero attached hydrogens (tertiary/aromatic N) is 1. The van der Waals surface area contributed by atoms with Crippen LogP contribution in [0, 0.1) is 0 Å². The molecule has 2 unspecified atom stereocenters. The summed E-state index contributed by atoms with van der Waals surface area (Å²) in [4.78, 5) is 4.31. The molecule has 3 nitrogen and oxygen atoms in total. The Morgan fingerprint density at radius 1 is 1.44 bits per heavy atom. The van der Waals surface area contributed by atoms with Crippen molar-refractivity contribution in [3.05, 3.63) is 28.5 Å². The SMILES string of the molecule is CCOC(CC)C(N)Cc1ccc(Br)cn1. The van der Waals surface area contributed by atoms with Crippen LogP contribution in [-0.4, -0.2) is 23.7 Å². The predicted molar refractivity (Wildman–Crippen MR) is 69.3 cm³/mol. The normalized spacial score (nSPS) is 14.8. The van der Waals surface area contributed by atoms with Crippen molar-refractivity contribution in [2.45, 2.75) is 38.8 Å². The molecule has 0 aromatic carbocycles. The van der Waals surface area contributed by atoms with E-state index in [1.54, 1.807) is 6.20 Å². The number of hydrogen-bond acceptors (Lipinski definition) is 3. The third-order valence-electron chi connectivity index (χ3n) is 2.49. The summed E-state index contributed by atoms with van der Waals surface area (Å²) in [6.07, 6.45) is 3.61. The van der Waals surface area contributed by atoms with E-state index in [2.05, 4.69) is 27.8 Å². The molecule has 1 aromatic rings. The molecule has 0 aliphatic heterocycles. The second kappa shape index (κ2) is 6.99. The van der Waals surface area contributed by atoms with Gasteiger partial charge < -0.3 is 10.5 Å². The maximum Gasteiger partial charge on any atom is 0.0727 e. The van der Waals surface area contributed by atoms with Gasteiger partial charge in [0.05, 0.1) is 6.10 Å². The summed E-state index contributed by atoms with van der Waals surface area (Å²) < 4.78 is 6.57. The van der Waals surface area contributed by atoms with Crippen molar-refractivity contribution in [1.82, 2.24) is 4.98 Å². The van der Waals surface area contributed by atoms with E-state index >= 15 is 0 Å². The first-order chi connectivity index (χ1) is 7.67. The van der Waals surface area contributed by atoms with Crippen molar-refractivity contribution in [3.63, 3.8) is 0 Å². The summed E-state index contributed by atoms with van der Waals surface area (Å²) in [5.74, 6) is 0. The minimum absolute atomic E-state index is 0.0126. The fourth-order valence-electron chi connectivity index (χ4n) is 1.66. The molecule has 90 valence electrons. The number of rotatable bonds is 6. The lowest BCUT2D eigenvalue weighted by molar-refractivity contribution is 0.0415. The molecule has 16 heavy (non-hydrogen) atoms. The highest BCUT2D eigenvalue weighted by molar-refractivity contribution is 9.10. The predicted octanol–water partition coefficient (Wildman–Crippen LogP) is 2.53. The molecule has 0 radical (unpaired) electrons. The summed E-state index contributed by atoms with van der Waals surface area (Å²) in [6, 6.07) is 3.98.